The average molecular weight is 321 g/mol. The van der Waals surface area contributed by atoms with Crippen molar-refractivity contribution in [1.29, 1.82) is 0 Å². The fraction of sp³-hybridized carbons (Fsp3) is 0.350. The lowest BCUT2D eigenvalue weighted by molar-refractivity contribution is 0.539. The van der Waals surface area contributed by atoms with Gasteiger partial charge in [-0.05, 0) is 61.9 Å². The number of hydrogen-bond donors (Lipinski definition) is 0. The summed E-state index contributed by atoms with van der Waals surface area (Å²) >= 11 is 0. The van der Waals surface area contributed by atoms with Gasteiger partial charge in [-0.2, -0.15) is 0 Å². The molecule has 2 aromatic heterocycles. The fourth-order valence-electron chi connectivity index (χ4n) is 4.36. The third-order valence-corrected chi connectivity index (χ3v) is 5.42. The van der Waals surface area contributed by atoms with Gasteiger partial charge < -0.3 is 13.7 Å². The molecule has 5 rings (SSSR count). The highest BCUT2D eigenvalue weighted by atomic mass is 16.4. The molecule has 0 atom stereocenters. The second kappa shape index (κ2) is 5.00. The van der Waals surface area contributed by atoms with Crippen molar-refractivity contribution in [2.24, 2.45) is 0 Å². The summed E-state index contributed by atoms with van der Waals surface area (Å²) in [5, 5.41) is 1.05. The Morgan fingerprint density at radius 2 is 2.00 bits per heavy atom. The lowest BCUT2D eigenvalue weighted by atomic mass is 9.88. The standard InChI is InChI=1S/C20H19NO3/c1-12-15-11-13-5-2-8-21-9-3-6-14(18(13)21)19(15)24-20(22)17(12)16-7-4-10-23-16/h4,7,10-11H,2-3,5-6,8-9H2,1H3. The molecule has 4 heteroatoms. The molecule has 0 saturated carbocycles. The summed E-state index contributed by atoms with van der Waals surface area (Å²) in [6.07, 6.45) is 5.99. The van der Waals surface area contributed by atoms with Crippen LogP contribution in [0.2, 0.25) is 0 Å². The van der Waals surface area contributed by atoms with Crippen LogP contribution in [-0.4, -0.2) is 13.1 Å². The van der Waals surface area contributed by atoms with Crippen molar-refractivity contribution in [3.63, 3.8) is 0 Å². The maximum Gasteiger partial charge on any atom is 0.347 e. The van der Waals surface area contributed by atoms with E-state index in [9.17, 15) is 4.79 Å². The summed E-state index contributed by atoms with van der Waals surface area (Å²) in [6.45, 7) is 4.22. The van der Waals surface area contributed by atoms with Gasteiger partial charge in [0, 0.05) is 29.7 Å². The molecule has 0 unspecified atom stereocenters. The molecule has 3 aromatic rings. The van der Waals surface area contributed by atoms with E-state index in [1.807, 2.05) is 13.0 Å². The van der Waals surface area contributed by atoms with E-state index in [-0.39, 0.29) is 5.63 Å². The van der Waals surface area contributed by atoms with Crippen molar-refractivity contribution >= 4 is 16.7 Å². The van der Waals surface area contributed by atoms with E-state index in [2.05, 4.69) is 11.0 Å². The molecule has 0 bridgehead atoms. The van der Waals surface area contributed by atoms with Gasteiger partial charge in [0.25, 0.3) is 0 Å². The molecule has 0 amide bonds. The predicted octanol–water partition coefficient (Wildman–Crippen LogP) is 4.06. The third-order valence-electron chi connectivity index (χ3n) is 5.42. The third kappa shape index (κ3) is 1.83. The van der Waals surface area contributed by atoms with Crippen molar-refractivity contribution < 1.29 is 8.83 Å². The van der Waals surface area contributed by atoms with E-state index in [0.717, 1.165) is 48.9 Å². The first-order valence-electron chi connectivity index (χ1n) is 8.65. The van der Waals surface area contributed by atoms with Gasteiger partial charge in [0.1, 0.15) is 16.9 Å². The Kier molecular flexibility index (Phi) is 2.90. The molecule has 2 aliphatic heterocycles. The number of nitrogens with zero attached hydrogens (tertiary/aromatic N) is 1. The highest BCUT2D eigenvalue weighted by Gasteiger charge is 2.28. The summed E-state index contributed by atoms with van der Waals surface area (Å²) in [6, 6.07) is 5.85. The second-order valence-corrected chi connectivity index (χ2v) is 6.80. The summed E-state index contributed by atoms with van der Waals surface area (Å²) in [5.74, 6) is 0.580. The van der Waals surface area contributed by atoms with Crippen LogP contribution in [0.25, 0.3) is 22.3 Å². The Morgan fingerprint density at radius 3 is 2.79 bits per heavy atom. The molecular weight excluding hydrogens is 302 g/mol. The Labute approximate surface area is 139 Å². The second-order valence-electron chi connectivity index (χ2n) is 6.80. The predicted molar refractivity (Wildman–Crippen MR) is 93.8 cm³/mol. The van der Waals surface area contributed by atoms with E-state index in [1.165, 1.54) is 23.2 Å². The van der Waals surface area contributed by atoms with Crippen LogP contribution in [0.5, 0.6) is 0 Å². The SMILES string of the molecule is Cc1c(-c2ccco2)c(=O)oc2c3c4c(cc12)CCCN4CCC3. The van der Waals surface area contributed by atoms with Crippen molar-refractivity contribution in [3.8, 4) is 11.3 Å². The number of rotatable bonds is 1. The van der Waals surface area contributed by atoms with Gasteiger partial charge in [0.2, 0.25) is 0 Å². The number of fused-ring (bicyclic) bond motifs is 2. The summed E-state index contributed by atoms with van der Waals surface area (Å²) in [5.41, 5.74) is 5.91. The minimum Gasteiger partial charge on any atom is -0.464 e. The van der Waals surface area contributed by atoms with E-state index < -0.39 is 0 Å². The molecule has 0 saturated heterocycles. The zero-order valence-corrected chi connectivity index (χ0v) is 13.7. The molecule has 24 heavy (non-hydrogen) atoms. The zero-order chi connectivity index (χ0) is 16.3. The van der Waals surface area contributed by atoms with Crippen LogP contribution in [0.4, 0.5) is 5.69 Å². The Bertz CT molecular complexity index is 996. The number of benzene rings is 1. The van der Waals surface area contributed by atoms with Gasteiger partial charge in [0.15, 0.2) is 0 Å². The highest BCUT2D eigenvalue weighted by Crippen LogP contribution is 2.41. The quantitative estimate of drug-likeness (QED) is 0.634. The first-order chi connectivity index (χ1) is 11.7. The van der Waals surface area contributed by atoms with Crippen LogP contribution < -0.4 is 10.5 Å². The topological polar surface area (TPSA) is 46.6 Å². The number of anilines is 1. The van der Waals surface area contributed by atoms with Gasteiger partial charge in [-0.15, -0.1) is 0 Å². The summed E-state index contributed by atoms with van der Waals surface area (Å²) < 4.78 is 11.3. The molecule has 0 radical (unpaired) electrons. The van der Waals surface area contributed by atoms with Crippen LogP contribution in [0, 0.1) is 6.92 Å². The molecule has 122 valence electrons. The largest absolute Gasteiger partial charge is 0.464 e. The van der Waals surface area contributed by atoms with Gasteiger partial charge in [-0.1, -0.05) is 0 Å². The fourth-order valence-corrected chi connectivity index (χ4v) is 4.36. The van der Waals surface area contributed by atoms with Crippen LogP contribution in [0.15, 0.2) is 38.1 Å². The lowest BCUT2D eigenvalue weighted by Crippen LogP contribution is -2.34. The highest BCUT2D eigenvalue weighted by molar-refractivity contribution is 5.93. The Balaban J connectivity index is 1.88. The molecule has 4 nitrogen and oxygen atoms in total. The first-order valence-corrected chi connectivity index (χ1v) is 8.65. The lowest BCUT2D eigenvalue weighted by Gasteiger charge is -2.37. The van der Waals surface area contributed by atoms with Crippen molar-refractivity contribution in [3.05, 3.63) is 51.6 Å². The van der Waals surface area contributed by atoms with Crippen molar-refractivity contribution in [2.75, 3.05) is 18.0 Å². The minimum absolute atomic E-state index is 0.306. The molecule has 0 N–H and O–H groups in total. The normalized spacial score (nSPS) is 16.5. The first kappa shape index (κ1) is 13.9. The van der Waals surface area contributed by atoms with Gasteiger partial charge >= 0.3 is 5.63 Å². The monoisotopic (exact) mass is 321 g/mol. The number of furan rings is 1. The Morgan fingerprint density at radius 1 is 1.17 bits per heavy atom. The van der Waals surface area contributed by atoms with Crippen molar-refractivity contribution in [1.82, 2.24) is 0 Å². The molecule has 0 spiro atoms. The van der Waals surface area contributed by atoms with Gasteiger partial charge in [0.05, 0.1) is 6.26 Å². The average Bonchev–Trinajstić information content (AvgIpc) is 3.11. The van der Waals surface area contributed by atoms with Crippen LogP contribution in [-0.2, 0) is 12.8 Å². The summed E-state index contributed by atoms with van der Waals surface area (Å²) in [7, 11) is 0. The molecule has 1 aromatic carbocycles. The maximum absolute atomic E-state index is 12.6. The molecule has 4 heterocycles. The van der Waals surface area contributed by atoms with Gasteiger partial charge in [-0.25, -0.2) is 4.79 Å². The van der Waals surface area contributed by atoms with Crippen LogP contribution in [0.1, 0.15) is 29.5 Å². The van der Waals surface area contributed by atoms with Crippen molar-refractivity contribution in [2.45, 2.75) is 32.6 Å². The van der Waals surface area contributed by atoms with E-state index >= 15 is 0 Å². The van der Waals surface area contributed by atoms with E-state index in [0.29, 0.717) is 11.3 Å². The van der Waals surface area contributed by atoms with Gasteiger partial charge in [-0.3, -0.25) is 0 Å². The minimum atomic E-state index is -0.306. The molecule has 0 aliphatic carbocycles. The molecule has 2 aliphatic rings. The van der Waals surface area contributed by atoms with Crippen LogP contribution >= 0.6 is 0 Å². The number of hydrogen-bond acceptors (Lipinski definition) is 4. The van der Waals surface area contributed by atoms with E-state index in [1.54, 1.807) is 12.3 Å². The van der Waals surface area contributed by atoms with E-state index in [4.69, 9.17) is 8.83 Å². The zero-order valence-electron chi connectivity index (χ0n) is 13.7. The maximum atomic E-state index is 12.6. The van der Waals surface area contributed by atoms with Crippen LogP contribution in [0.3, 0.4) is 0 Å². The molecule has 0 fully saturated rings. The smallest absolute Gasteiger partial charge is 0.347 e. The molecular formula is C20H19NO3. The Hall–Kier alpha value is -2.49. The summed E-state index contributed by atoms with van der Waals surface area (Å²) in [4.78, 5) is 15.1. The number of aryl methyl sites for hydroxylation is 3.